The molecule has 27 heavy (non-hydrogen) atoms. The van der Waals surface area contributed by atoms with Crippen molar-refractivity contribution in [2.75, 3.05) is 0 Å². The highest BCUT2D eigenvalue weighted by Gasteiger charge is 2.15. The average Bonchev–Trinajstić information content (AvgIpc) is 3.10. The van der Waals surface area contributed by atoms with Gasteiger partial charge in [-0.25, -0.2) is 9.37 Å². The number of fused-ring (bicyclic) bond motifs is 1. The van der Waals surface area contributed by atoms with Gasteiger partial charge in [0.2, 0.25) is 0 Å². The predicted octanol–water partition coefficient (Wildman–Crippen LogP) is 4.46. The Morgan fingerprint density at radius 3 is 2.52 bits per heavy atom. The Kier molecular flexibility index (Phi) is 4.41. The van der Waals surface area contributed by atoms with Crippen molar-refractivity contribution in [2.45, 2.75) is 13.5 Å². The van der Waals surface area contributed by atoms with Gasteiger partial charge in [-0.2, -0.15) is 0 Å². The van der Waals surface area contributed by atoms with Crippen molar-refractivity contribution in [2.24, 2.45) is 0 Å². The third-order valence-corrected chi connectivity index (χ3v) is 5.29. The second-order valence-electron chi connectivity index (χ2n) is 6.30. The first kappa shape index (κ1) is 17.3. The number of ketones is 1. The summed E-state index contributed by atoms with van der Waals surface area (Å²) >= 11 is 1.35. The minimum absolute atomic E-state index is 0.0798. The zero-order valence-corrected chi connectivity index (χ0v) is 15.3. The Bertz CT molecular complexity index is 1190. The number of carbonyl (C=O) groups is 1. The van der Waals surface area contributed by atoms with Crippen molar-refractivity contribution < 1.29 is 9.18 Å². The number of hydrogen-bond donors (Lipinski definition) is 0. The zero-order valence-electron chi connectivity index (χ0n) is 14.5. The lowest BCUT2D eigenvalue weighted by Crippen LogP contribution is -2.24. The average molecular weight is 378 g/mol. The summed E-state index contributed by atoms with van der Waals surface area (Å²) < 4.78 is 14.5. The molecule has 0 amide bonds. The van der Waals surface area contributed by atoms with Crippen LogP contribution in [-0.2, 0) is 6.54 Å². The number of nitrogens with zero attached hydrogens (tertiary/aromatic N) is 2. The zero-order chi connectivity index (χ0) is 19.0. The quantitative estimate of drug-likeness (QED) is 0.493. The molecule has 2 aromatic heterocycles. The van der Waals surface area contributed by atoms with Gasteiger partial charge >= 0.3 is 0 Å². The minimum Gasteiger partial charge on any atom is -0.292 e. The van der Waals surface area contributed by atoms with Crippen molar-refractivity contribution in [1.82, 2.24) is 9.55 Å². The van der Waals surface area contributed by atoms with E-state index in [2.05, 4.69) is 4.98 Å². The topological polar surface area (TPSA) is 52.0 Å². The van der Waals surface area contributed by atoms with E-state index in [-0.39, 0.29) is 23.7 Å². The number of Topliss-reactive ketones (excluding diaryl/α,β-unsaturated/α-hetero) is 1. The van der Waals surface area contributed by atoms with Crippen LogP contribution in [-0.4, -0.2) is 15.3 Å². The molecule has 0 radical (unpaired) electrons. The number of halogens is 1. The molecular weight excluding hydrogens is 363 g/mol. The van der Waals surface area contributed by atoms with Crippen LogP contribution in [0.25, 0.3) is 21.3 Å². The van der Waals surface area contributed by atoms with Crippen LogP contribution < -0.4 is 5.56 Å². The Morgan fingerprint density at radius 1 is 1.11 bits per heavy atom. The Balaban J connectivity index is 1.74. The molecule has 0 saturated carbocycles. The van der Waals surface area contributed by atoms with E-state index in [4.69, 9.17) is 0 Å². The van der Waals surface area contributed by atoms with Crippen LogP contribution in [0.5, 0.6) is 0 Å². The van der Waals surface area contributed by atoms with Gasteiger partial charge in [0.25, 0.3) is 5.56 Å². The van der Waals surface area contributed by atoms with Gasteiger partial charge in [-0.1, -0.05) is 42.0 Å². The molecule has 0 fully saturated rings. The van der Waals surface area contributed by atoms with E-state index in [0.29, 0.717) is 21.3 Å². The first-order valence-electron chi connectivity index (χ1n) is 8.35. The molecule has 0 N–H and O–H groups in total. The van der Waals surface area contributed by atoms with E-state index >= 15 is 0 Å². The molecule has 0 unspecified atom stereocenters. The summed E-state index contributed by atoms with van der Waals surface area (Å²) in [5.74, 6) is -0.491. The van der Waals surface area contributed by atoms with Crippen LogP contribution in [0.1, 0.15) is 15.9 Å². The van der Waals surface area contributed by atoms with E-state index in [0.717, 1.165) is 11.1 Å². The maximum Gasteiger partial charge on any atom is 0.263 e. The molecule has 2 aromatic carbocycles. The molecule has 4 rings (SSSR count). The van der Waals surface area contributed by atoms with E-state index in [1.807, 2.05) is 24.4 Å². The second-order valence-corrected chi connectivity index (χ2v) is 7.16. The maximum absolute atomic E-state index is 13.2. The summed E-state index contributed by atoms with van der Waals surface area (Å²) in [6.45, 7) is 1.87. The fourth-order valence-corrected chi connectivity index (χ4v) is 3.81. The molecule has 0 aliphatic heterocycles. The number of thiophene rings is 1. The van der Waals surface area contributed by atoms with Crippen LogP contribution in [0.4, 0.5) is 4.39 Å². The number of rotatable bonds is 4. The van der Waals surface area contributed by atoms with Gasteiger partial charge < -0.3 is 0 Å². The molecular formula is C21H15FN2O2S. The summed E-state index contributed by atoms with van der Waals surface area (Å²) in [7, 11) is 0. The van der Waals surface area contributed by atoms with Gasteiger partial charge in [0.15, 0.2) is 5.78 Å². The van der Waals surface area contributed by atoms with E-state index in [1.54, 1.807) is 24.3 Å². The highest BCUT2D eigenvalue weighted by atomic mass is 32.1. The number of aromatic nitrogens is 2. The number of hydrogen-bond acceptors (Lipinski definition) is 4. The third kappa shape index (κ3) is 3.31. The van der Waals surface area contributed by atoms with Crippen molar-refractivity contribution in [3.8, 4) is 11.1 Å². The van der Waals surface area contributed by atoms with E-state index in [9.17, 15) is 14.0 Å². The number of benzene rings is 2. The highest BCUT2D eigenvalue weighted by Crippen LogP contribution is 2.30. The lowest BCUT2D eigenvalue weighted by atomic mass is 10.1. The standard InChI is InChI=1S/C21H15FN2O2S/c1-13-2-4-15(5-3-13)18(25)10-24-12-23-20-19(21(24)26)17(11-27-20)14-6-8-16(22)9-7-14/h2-9,11-12H,10H2,1H3. The SMILES string of the molecule is Cc1ccc(C(=O)Cn2cnc3scc(-c4ccc(F)cc4)c3c2=O)cc1. The molecule has 0 saturated heterocycles. The predicted molar refractivity (Wildman–Crippen MR) is 105 cm³/mol. The fourth-order valence-electron chi connectivity index (χ4n) is 2.91. The molecule has 0 bridgehead atoms. The Hall–Kier alpha value is -3.12. The summed E-state index contributed by atoms with van der Waals surface area (Å²) in [6, 6.07) is 13.2. The van der Waals surface area contributed by atoms with Crippen LogP contribution in [0.3, 0.4) is 0 Å². The molecule has 0 aliphatic carbocycles. The second kappa shape index (κ2) is 6.89. The van der Waals surface area contributed by atoms with Crippen LogP contribution in [0.2, 0.25) is 0 Å². The molecule has 0 atom stereocenters. The molecule has 2 heterocycles. The summed E-state index contributed by atoms with van der Waals surface area (Å²) in [4.78, 5) is 30.4. The summed E-state index contributed by atoms with van der Waals surface area (Å²) in [5, 5.41) is 2.28. The normalized spacial score (nSPS) is 11.0. The third-order valence-electron chi connectivity index (χ3n) is 4.40. The summed E-state index contributed by atoms with van der Waals surface area (Å²) in [5.41, 5.74) is 2.78. The molecule has 0 spiro atoms. The van der Waals surface area contributed by atoms with Gasteiger partial charge in [-0.05, 0) is 24.6 Å². The van der Waals surface area contributed by atoms with Crippen molar-refractivity contribution in [3.63, 3.8) is 0 Å². The first-order chi connectivity index (χ1) is 13.0. The smallest absolute Gasteiger partial charge is 0.263 e. The monoisotopic (exact) mass is 378 g/mol. The van der Waals surface area contributed by atoms with E-state index < -0.39 is 0 Å². The highest BCUT2D eigenvalue weighted by molar-refractivity contribution is 7.17. The summed E-state index contributed by atoms with van der Waals surface area (Å²) in [6.07, 6.45) is 1.40. The van der Waals surface area contributed by atoms with Crippen LogP contribution in [0, 0.1) is 12.7 Å². The molecule has 0 aliphatic rings. The maximum atomic E-state index is 13.2. The van der Waals surface area contributed by atoms with Crippen molar-refractivity contribution >= 4 is 27.3 Å². The van der Waals surface area contributed by atoms with Crippen LogP contribution in [0.15, 0.2) is 65.0 Å². The molecule has 4 nitrogen and oxygen atoms in total. The molecule has 4 aromatic rings. The van der Waals surface area contributed by atoms with Gasteiger partial charge in [0.1, 0.15) is 10.6 Å². The fraction of sp³-hybridized carbons (Fsp3) is 0.0952. The first-order valence-corrected chi connectivity index (χ1v) is 9.23. The van der Waals surface area contributed by atoms with Gasteiger partial charge in [-0.15, -0.1) is 11.3 Å². The Labute approximate surface area is 158 Å². The largest absolute Gasteiger partial charge is 0.292 e. The van der Waals surface area contributed by atoms with Gasteiger partial charge in [0, 0.05) is 16.5 Å². The molecule has 134 valence electrons. The van der Waals surface area contributed by atoms with Gasteiger partial charge in [-0.3, -0.25) is 14.2 Å². The minimum atomic E-state index is -0.336. The van der Waals surface area contributed by atoms with Crippen molar-refractivity contribution in [1.29, 1.82) is 0 Å². The lowest BCUT2D eigenvalue weighted by Gasteiger charge is -2.06. The van der Waals surface area contributed by atoms with E-state index in [1.165, 1.54) is 34.4 Å². The van der Waals surface area contributed by atoms with Gasteiger partial charge in [0.05, 0.1) is 18.3 Å². The Morgan fingerprint density at radius 2 is 1.81 bits per heavy atom. The molecule has 6 heteroatoms. The number of aryl methyl sites for hydroxylation is 1. The lowest BCUT2D eigenvalue weighted by molar-refractivity contribution is 0.0970. The number of carbonyl (C=O) groups excluding carboxylic acids is 1. The van der Waals surface area contributed by atoms with Crippen LogP contribution >= 0.6 is 11.3 Å². The van der Waals surface area contributed by atoms with Crippen molar-refractivity contribution in [3.05, 3.63) is 87.5 Å².